The van der Waals surface area contributed by atoms with Crippen LogP contribution in [-0.2, 0) is 7.05 Å². The molecule has 0 spiro atoms. The molecule has 6 N–H and O–H groups in total. The molecule has 0 aliphatic heterocycles. The quantitative estimate of drug-likeness (QED) is 0.499. The van der Waals surface area contributed by atoms with Crippen molar-refractivity contribution in [2.45, 2.75) is 6.92 Å². The molecular weight excluding hydrogens is 196 g/mol. The highest BCUT2D eigenvalue weighted by Gasteiger charge is 2.08. The lowest BCUT2D eigenvalue weighted by Crippen LogP contribution is -2.33. The Morgan fingerprint density at radius 2 is 2.20 bits per heavy atom. The molecule has 0 aromatic carbocycles. The topological polar surface area (TPSA) is 111 Å². The van der Waals surface area contributed by atoms with E-state index in [2.05, 4.69) is 15.7 Å². The highest BCUT2D eigenvalue weighted by Crippen LogP contribution is 2.20. The second-order valence-electron chi connectivity index (χ2n) is 3.19. The Balaban J connectivity index is 2.47. The first-order valence-corrected chi connectivity index (χ1v) is 4.58. The van der Waals surface area contributed by atoms with Crippen molar-refractivity contribution in [1.29, 1.82) is 0 Å². The zero-order valence-electron chi connectivity index (χ0n) is 8.87. The third-order valence-electron chi connectivity index (χ3n) is 1.99. The predicted octanol–water partition coefficient (Wildman–Crippen LogP) is -0.609. The van der Waals surface area contributed by atoms with Gasteiger partial charge in [-0.3, -0.25) is 4.68 Å². The van der Waals surface area contributed by atoms with Crippen molar-refractivity contribution in [2.75, 3.05) is 24.1 Å². The Hall–Kier alpha value is -1.92. The van der Waals surface area contributed by atoms with Gasteiger partial charge in [-0.1, -0.05) is 0 Å². The number of aromatic nitrogens is 2. The summed E-state index contributed by atoms with van der Waals surface area (Å²) < 4.78 is 1.66. The number of nitrogens with one attached hydrogen (secondary N) is 2. The van der Waals surface area contributed by atoms with E-state index >= 15 is 0 Å². The molecule has 0 aliphatic rings. The molecule has 0 radical (unpaired) electrons. The van der Waals surface area contributed by atoms with Crippen molar-refractivity contribution in [3.05, 3.63) is 5.69 Å². The minimum absolute atomic E-state index is 0.443. The van der Waals surface area contributed by atoms with E-state index in [0.29, 0.717) is 18.8 Å². The number of hydrogen-bond donors (Lipinski definition) is 4. The first-order chi connectivity index (χ1) is 7.02. The van der Waals surface area contributed by atoms with Crippen molar-refractivity contribution in [3.8, 4) is 0 Å². The molecule has 0 fully saturated rings. The number of carbonyl (C=O) groups excluding carboxylic acids is 1. The summed E-state index contributed by atoms with van der Waals surface area (Å²) in [5.74, 6) is 0.749. The van der Waals surface area contributed by atoms with Crippen LogP contribution in [0, 0.1) is 6.92 Å². The van der Waals surface area contributed by atoms with Gasteiger partial charge >= 0.3 is 6.03 Å². The average Bonchev–Trinajstić information content (AvgIpc) is 2.37. The molecule has 1 aromatic rings. The molecule has 0 saturated carbocycles. The van der Waals surface area contributed by atoms with Crippen LogP contribution in [0.2, 0.25) is 0 Å². The third kappa shape index (κ3) is 2.76. The maximum absolute atomic E-state index is 10.4. The van der Waals surface area contributed by atoms with Gasteiger partial charge in [0.15, 0.2) is 0 Å². The van der Waals surface area contributed by atoms with Gasteiger partial charge in [0, 0.05) is 20.1 Å². The molecule has 1 aromatic heterocycles. The summed E-state index contributed by atoms with van der Waals surface area (Å²) >= 11 is 0. The van der Waals surface area contributed by atoms with E-state index in [1.54, 1.807) is 11.7 Å². The fourth-order valence-corrected chi connectivity index (χ4v) is 1.25. The number of hydrogen-bond acceptors (Lipinski definition) is 4. The second-order valence-corrected chi connectivity index (χ2v) is 3.19. The molecule has 84 valence electrons. The standard InChI is InChI=1S/C8H16N6O/c1-5-6(9)7(14(2)13-5)11-3-4-12-8(10)15/h11H,3-4,9H2,1-2H3,(H3,10,12,15). The largest absolute Gasteiger partial charge is 0.394 e. The number of aryl methyl sites for hydroxylation is 2. The summed E-state index contributed by atoms with van der Waals surface area (Å²) in [6, 6.07) is -0.536. The first-order valence-electron chi connectivity index (χ1n) is 4.58. The third-order valence-corrected chi connectivity index (χ3v) is 1.99. The molecule has 0 atom stereocenters. The fraction of sp³-hybridized carbons (Fsp3) is 0.500. The second kappa shape index (κ2) is 4.54. The summed E-state index contributed by atoms with van der Waals surface area (Å²) in [4.78, 5) is 10.4. The number of carbonyl (C=O) groups is 1. The maximum Gasteiger partial charge on any atom is 0.312 e. The van der Waals surface area contributed by atoms with Gasteiger partial charge in [-0.05, 0) is 6.92 Å². The van der Waals surface area contributed by atoms with Crippen LogP contribution in [0.3, 0.4) is 0 Å². The normalized spacial score (nSPS) is 10.0. The van der Waals surface area contributed by atoms with Crippen molar-refractivity contribution in [3.63, 3.8) is 0 Å². The highest BCUT2D eigenvalue weighted by molar-refractivity contribution is 5.71. The predicted molar refractivity (Wildman–Crippen MR) is 58.4 cm³/mol. The molecule has 7 heteroatoms. The van der Waals surface area contributed by atoms with Gasteiger partial charge in [0.2, 0.25) is 0 Å². The van der Waals surface area contributed by atoms with Crippen molar-refractivity contribution in [2.24, 2.45) is 12.8 Å². The number of nitrogens with zero attached hydrogens (tertiary/aromatic N) is 2. The van der Waals surface area contributed by atoms with Crippen molar-refractivity contribution in [1.82, 2.24) is 15.1 Å². The lowest BCUT2D eigenvalue weighted by molar-refractivity contribution is 0.249. The van der Waals surface area contributed by atoms with E-state index in [-0.39, 0.29) is 0 Å². The number of nitrogens with two attached hydrogens (primary N) is 2. The first kappa shape index (κ1) is 11.2. The van der Waals surface area contributed by atoms with Gasteiger partial charge in [-0.25, -0.2) is 4.79 Å². The zero-order valence-corrected chi connectivity index (χ0v) is 8.87. The Morgan fingerprint density at radius 1 is 1.53 bits per heavy atom. The van der Waals surface area contributed by atoms with Crippen LogP contribution in [0.1, 0.15) is 5.69 Å². The Kier molecular flexibility index (Phi) is 3.37. The Morgan fingerprint density at radius 3 is 2.67 bits per heavy atom. The van der Waals surface area contributed by atoms with E-state index < -0.39 is 6.03 Å². The summed E-state index contributed by atoms with van der Waals surface area (Å²) in [5.41, 5.74) is 12.1. The van der Waals surface area contributed by atoms with E-state index in [1.807, 2.05) is 6.92 Å². The Labute approximate surface area is 87.8 Å². The molecular formula is C8H16N6O. The van der Waals surface area contributed by atoms with Crippen LogP contribution in [0.5, 0.6) is 0 Å². The van der Waals surface area contributed by atoms with E-state index in [4.69, 9.17) is 11.5 Å². The van der Waals surface area contributed by atoms with Gasteiger partial charge in [-0.15, -0.1) is 0 Å². The smallest absolute Gasteiger partial charge is 0.312 e. The lowest BCUT2D eigenvalue weighted by atomic mass is 10.4. The van der Waals surface area contributed by atoms with Crippen LogP contribution in [0.25, 0.3) is 0 Å². The summed E-state index contributed by atoms with van der Waals surface area (Å²) in [5, 5.41) is 9.67. The molecule has 1 heterocycles. The molecule has 0 aliphatic carbocycles. The van der Waals surface area contributed by atoms with Crippen molar-refractivity contribution < 1.29 is 4.79 Å². The molecule has 0 saturated heterocycles. The number of nitrogen functional groups attached to an aromatic ring is 1. The average molecular weight is 212 g/mol. The van der Waals surface area contributed by atoms with Gasteiger partial charge in [0.25, 0.3) is 0 Å². The van der Waals surface area contributed by atoms with Gasteiger partial charge in [-0.2, -0.15) is 5.10 Å². The van der Waals surface area contributed by atoms with Crippen LogP contribution in [-0.4, -0.2) is 28.9 Å². The van der Waals surface area contributed by atoms with Gasteiger partial charge in [0.05, 0.1) is 11.4 Å². The minimum Gasteiger partial charge on any atom is -0.394 e. The SMILES string of the molecule is Cc1nn(C)c(NCCNC(N)=O)c1N. The molecule has 0 unspecified atom stereocenters. The van der Waals surface area contributed by atoms with E-state index in [0.717, 1.165) is 11.5 Å². The van der Waals surface area contributed by atoms with Crippen LogP contribution < -0.4 is 22.1 Å². The maximum atomic E-state index is 10.4. The van der Waals surface area contributed by atoms with E-state index in [1.165, 1.54) is 0 Å². The number of primary amides is 1. The fourth-order valence-electron chi connectivity index (χ4n) is 1.25. The molecule has 2 amide bonds. The molecule has 15 heavy (non-hydrogen) atoms. The molecule has 1 rings (SSSR count). The van der Waals surface area contributed by atoms with Crippen LogP contribution in [0.4, 0.5) is 16.3 Å². The minimum atomic E-state index is -0.536. The van der Waals surface area contributed by atoms with Gasteiger partial charge < -0.3 is 22.1 Å². The van der Waals surface area contributed by atoms with E-state index in [9.17, 15) is 4.79 Å². The summed E-state index contributed by atoms with van der Waals surface area (Å²) in [6.45, 7) is 2.83. The summed E-state index contributed by atoms with van der Waals surface area (Å²) in [6.07, 6.45) is 0. The number of urea groups is 1. The van der Waals surface area contributed by atoms with Crippen LogP contribution in [0.15, 0.2) is 0 Å². The zero-order chi connectivity index (χ0) is 11.4. The summed E-state index contributed by atoms with van der Waals surface area (Å²) in [7, 11) is 1.80. The number of anilines is 2. The Bertz CT molecular complexity index is 358. The van der Waals surface area contributed by atoms with Gasteiger partial charge in [0.1, 0.15) is 5.82 Å². The monoisotopic (exact) mass is 212 g/mol. The number of amides is 2. The van der Waals surface area contributed by atoms with Crippen LogP contribution >= 0.6 is 0 Å². The molecule has 7 nitrogen and oxygen atoms in total. The highest BCUT2D eigenvalue weighted by atomic mass is 16.2. The molecule has 0 bridgehead atoms. The number of rotatable bonds is 4. The lowest BCUT2D eigenvalue weighted by Gasteiger charge is -2.07. The van der Waals surface area contributed by atoms with Crippen molar-refractivity contribution >= 4 is 17.5 Å².